The summed E-state index contributed by atoms with van der Waals surface area (Å²) in [5.41, 5.74) is 5.53. The van der Waals surface area contributed by atoms with Crippen molar-refractivity contribution in [2.24, 2.45) is 0 Å². The molecule has 0 radical (unpaired) electrons. The van der Waals surface area contributed by atoms with E-state index in [2.05, 4.69) is 4.98 Å². The lowest BCUT2D eigenvalue weighted by molar-refractivity contribution is -0.157. The number of nitrogens with zero attached hydrogens (tertiary/aromatic N) is 1. The lowest BCUT2D eigenvalue weighted by atomic mass is 10.1. The summed E-state index contributed by atoms with van der Waals surface area (Å²) >= 11 is 1.09. The van der Waals surface area contributed by atoms with E-state index in [-0.39, 0.29) is 16.9 Å². The van der Waals surface area contributed by atoms with Gasteiger partial charge in [0.15, 0.2) is 11.0 Å². The van der Waals surface area contributed by atoms with E-state index in [0.717, 1.165) is 11.3 Å². The summed E-state index contributed by atoms with van der Waals surface area (Å²) in [5.74, 6) is -3.50. The highest BCUT2D eigenvalue weighted by atomic mass is 32.1. The molecule has 0 bridgehead atoms. The molecule has 3 N–H and O–H groups in total. The highest BCUT2D eigenvalue weighted by Gasteiger charge is 2.32. The fourth-order valence-corrected chi connectivity index (χ4v) is 1.72. The number of esters is 1. The number of hydrogen-bond donors (Lipinski definition) is 2. The van der Waals surface area contributed by atoms with E-state index in [1.165, 1.54) is 5.38 Å². The van der Waals surface area contributed by atoms with E-state index < -0.39 is 17.9 Å². The number of rotatable bonds is 5. The van der Waals surface area contributed by atoms with Crippen LogP contribution in [0.4, 0.5) is 5.13 Å². The van der Waals surface area contributed by atoms with Gasteiger partial charge in [0.2, 0.25) is 0 Å². The molecule has 0 aromatic carbocycles. The number of anilines is 1. The summed E-state index contributed by atoms with van der Waals surface area (Å²) in [4.78, 5) is 26.5. The number of nitrogens with two attached hydrogens (primary N) is 1. The molecule has 1 rings (SSSR count). The van der Waals surface area contributed by atoms with Crippen LogP contribution in [0, 0.1) is 0 Å². The zero-order chi connectivity index (χ0) is 13.0. The minimum absolute atomic E-state index is 0.119. The molecule has 0 aliphatic carbocycles. The Morgan fingerprint density at radius 2 is 2.29 bits per heavy atom. The maximum Gasteiger partial charge on any atom is 0.326 e. The van der Waals surface area contributed by atoms with Crippen LogP contribution in [0.3, 0.4) is 0 Å². The number of thiazole rings is 1. The van der Waals surface area contributed by atoms with E-state index in [0.29, 0.717) is 6.42 Å². The van der Waals surface area contributed by atoms with Gasteiger partial charge >= 0.3 is 11.9 Å². The van der Waals surface area contributed by atoms with Gasteiger partial charge in [-0.15, -0.1) is 11.3 Å². The van der Waals surface area contributed by atoms with E-state index in [1.807, 2.05) is 6.92 Å². The Kier molecular flexibility index (Phi) is 4.45. The maximum atomic E-state index is 11.7. The molecule has 0 saturated carbocycles. The highest BCUT2D eigenvalue weighted by molar-refractivity contribution is 7.13. The number of aliphatic carboxylic acids is 1. The molecular formula is C10H14N2O4S. The summed E-state index contributed by atoms with van der Waals surface area (Å²) in [6.45, 7) is 3.54. The van der Waals surface area contributed by atoms with Crippen molar-refractivity contribution in [2.45, 2.75) is 32.3 Å². The summed E-state index contributed by atoms with van der Waals surface area (Å²) in [6, 6.07) is 0. The third-order valence-electron chi connectivity index (χ3n) is 2.21. The van der Waals surface area contributed by atoms with Crippen LogP contribution in [0.2, 0.25) is 0 Å². The summed E-state index contributed by atoms with van der Waals surface area (Å²) in [5, 5.41) is 10.7. The monoisotopic (exact) mass is 258 g/mol. The minimum atomic E-state index is -1.41. The summed E-state index contributed by atoms with van der Waals surface area (Å²) in [7, 11) is 0. The van der Waals surface area contributed by atoms with Crippen LogP contribution in [0.1, 0.15) is 31.9 Å². The van der Waals surface area contributed by atoms with E-state index in [1.54, 1.807) is 6.92 Å². The van der Waals surface area contributed by atoms with Gasteiger partial charge in [-0.2, -0.15) is 0 Å². The number of ether oxygens (including phenoxy) is 1. The van der Waals surface area contributed by atoms with Gasteiger partial charge in [-0.3, -0.25) is 9.59 Å². The van der Waals surface area contributed by atoms with E-state index in [9.17, 15) is 9.59 Å². The first-order valence-electron chi connectivity index (χ1n) is 5.09. The van der Waals surface area contributed by atoms with Crippen molar-refractivity contribution in [3.8, 4) is 0 Å². The molecule has 17 heavy (non-hydrogen) atoms. The standard InChI is InChI=1S/C10H14N2O4S/c1-3-5(2)16-9(15)7(8(13)14)6-4-17-10(11)12-6/h4-5,7H,3H2,1-2H3,(H2,11,12)(H,13,14). The second kappa shape index (κ2) is 5.62. The van der Waals surface area contributed by atoms with Crippen molar-refractivity contribution < 1.29 is 19.4 Å². The third-order valence-corrected chi connectivity index (χ3v) is 2.90. The summed E-state index contributed by atoms with van der Waals surface area (Å²) < 4.78 is 4.99. The molecule has 94 valence electrons. The Bertz CT molecular complexity index is 418. The van der Waals surface area contributed by atoms with Crippen molar-refractivity contribution in [2.75, 3.05) is 5.73 Å². The van der Waals surface area contributed by atoms with Gasteiger partial charge in [0.25, 0.3) is 0 Å². The quantitative estimate of drug-likeness (QED) is 0.608. The molecule has 6 nitrogen and oxygen atoms in total. The number of aromatic nitrogens is 1. The van der Waals surface area contributed by atoms with Gasteiger partial charge in [0.1, 0.15) is 0 Å². The molecule has 2 unspecified atom stereocenters. The molecule has 7 heteroatoms. The Labute approximate surface area is 102 Å². The Balaban J connectivity index is 2.87. The lowest BCUT2D eigenvalue weighted by Gasteiger charge is -2.14. The van der Waals surface area contributed by atoms with E-state index in [4.69, 9.17) is 15.6 Å². The molecular weight excluding hydrogens is 244 g/mol. The molecule has 0 spiro atoms. The van der Waals surface area contributed by atoms with Gasteiger partial charge in [0.05, 0.1) is 11.8 Å². The minimum Gasteiger partial charge on any atom is -0.480 e. The molecule has 1 aromatic heterocycles. The molecule has 0 aliphatic rings. The Morgan fingerprint density at radius 1 is 1.65 bits per heavy atom. The van der Waals surface area contributed by atoms with Crippen molar-refractivity contribution in [1.29, 1.82) is 0 Å². The Morgan fingerprint density at radius 3 is 2.71 bits per heavy atom. The fraction of sp³-hybridized carbons (Fsp3) is 0.500. The molecule has 1 aromatic rings. The Hall–Kier alpha value is -1.63. The topological polar surface area (TPSA) is 103 Å². The van der Waals surface area contributed by atoms with Crippen molar-refractivity contribution in [3.05, 3.63) is 11.1 Å². The predicted octanol–water partition coefficient (Wildman–Crippen LogP) is 1.24. The largest absolute Gasteiger partial charge is 0.480 e. The third kappa shape index (κ3) is 3.42. The molecule has 2 atom stereocenters. The SMILES string of the molecule is CCC(C)OC(=O)C(C(=O)O)c1csc(N)n1. The first kappa shape index (κ1) is 13.4. The van der Waals surface area contributed by atoms with Gasteiger partial charge in [-0.25, -0.2) is 4.98 Å². The zero-order valence-electron chi connectivity index (χ0n) is 9.54. The molecule has 0 amide bonds. The van der Waals surface area contributed by atoms with Gasteiger partial charge in [-0.1, -0.05) is 6.92 Å². The normalized spacial score (nSPS) is 14.0. The average molecular weight is 258 g/mol. The van der Waals surface area contributed by atoms with Crippen molar-refractivity contribution in [1.82, 2.24) is 4.98 Å². The average Bonchev–Trinajstić information content (AvgIpc) is 2.64. The zero-order valence-corrected chi connectivity index (χ0v) is 10.4. The van der Waals surface area contributed by atoms with Gasteiger partial charge in [-0.05, 0) is 13.3 Å². The lowest BCUT2D eigenvalue weighted by Crippen LogP contribution is -2.27. The van der Waals surface area contributed by atoms with Gasteiger partial charge in [0, 0.05) is 5.38 Å². The number of carbonyl (C=O) groups excluding carboxylic acids is 1. The van der Waals surface area contributed by atoms with Crippen LogP contribution >= 0.6 is 11.3 Å². The van der Waals surface area contributed by atoms with Crippen LogP contribution in [0.5, 0.6) is 0 Å². The maximum absolute atomic E-state index is 11.7. The van der Waals surface area contributed by atoms with Crippen LogP contribution < -0.4 is 5.73 Å². The van der Waals surface area contributed by atoms with Crippen molar-refractivity contribution in [3.63, 3.8) is 0 Å². The second-order valence-corrected chi connectivity index (χ2v) is 4.43. The van der Waals surface area contributed by atoms with Crippen LogP contribution in [-0.4, -0.2) is 28.1 Å². The predicted molar refractivity (Wildman–Crippen MR) is 62.7 cm³/mol. The fourth-order valence-electron chi connectivity index (χ4n) is 1.13. The first-order valence-corrected chi connectivity index (χ1v) is 5.97. The number of hydrogen-bond acceptors (Lipinski definition) is 6. The number of carbonyl (C=O) groups is 2. The van der Waals surface area contributed by atoms with E-state index >= 15 is 0 Å². The molecule has 0 aliphatic heterocycles. The number of nitrogen functional groups attached to an aromatic ring is 1. The smallest absolute Gasteiger partial charge is 0.326 e. The van der Waals surface area contributed by atoms with Crippen LogP contribution in [0.25, 0.3) is 0 Å². The van der Waals surface area contributed by atoms with Crippen LogP contribution in [-0.2, 0) is 14.3 Å². The number of carboxylic acid groups (broad SMARTS) is 1. The second-order valence-electron chi connectivity index (χ2n) is 3.54. The molecule has 0 saturated heterocycles. The van der Waals surface area contributed by atoms with Crippen LogP contribution in [0.15, 0.2) is 5.38 Å². The van der Waals surface area contributed by atoms with Gasteiger partial charge < -0.3 is 15.6 Å². The summed E-state index contributed by atoms with van der Waals surface area (Å²) in [6.07, 6.45) is 0.303. The highest BCUT2D eigenvalue weighted by Crippen LogP contribution is 2.22. The molecule has 0 fully saturated rings. The first-order chi connectivity index (χ1) is 7.95. The van der Waals surface area contributed by atoms with Crippen molar-refractivity contribution >= 4 is 28.4 Å². The molecule has 1 heterocycles. The number of carboxylic acids is 1.